The van der Waals surface area contributed by atoms with Crippen molar-refractivity contribution in [2.24, 2.45) is 7.05 Å². The molecule has 1 aliphatic rings. The topological polar surface area (TPSA) is 54.3 Å². The fourth-order valence-corrected chi connectivity index (χ4v) is 4.80. The quantitative estimate of drug-likeness (QED) is 0.349. The molecule has 1 aromatic heterocycles. The molecule has 0 radical (unpaired) electrons. The van der Waals surface area contributed by atoms with E-state index in [9.17, 15) is 10.0 Å². The first kappa shape index (κ1) is 19.3. The third-order valence-electron chi connectivity index (χ3n) is 6.23. The summed E-state index contributed by atoms with van der Waals surface area (Å²) in [6.45, 7) is 0. The zero-order valence-electron chi connectivity index (χ0n) is 17.4. The highest BCUT2D eigenvalue weighted by molar-refractivity contribution is 5.99. The molecule has 1 aliphatic carbocycles. The highest BCUT2D eigenvalue weighted by Gasteiger charge is 2.30. The highest BCUT2D eigenvalue weighted by Crippen LogP contribution is 2.41. The average Bonchev–Trinajstić information content (AvgIpc) is 3.12. The van der Waals surface area contributed by atoms with E-state index in [1.807, 2.05) is 55.0 Å². The van der Waals surface area contributed by atoms with Crippen LogP contribution in [0.3, 0.4) is 0 Å². The SMILES string of the molecule is Cn1c(-c2ccc3c(c2)CCC=C3)c(C(C(=O)NO)c2ccccc2)c2ccccc21. The lowest BCUT2D eigenvalue weighted by Crippen LogP contribution is -2.27. The molecule has 0 spiro atoms. The Hall–Kier alpha value is -3.63. The van der Waals surface area contributed by atoms with E-state index in [0.29, 0.717) is 0 Å². The number of benzene rings is 3. The van der Waals surface area contributed by atoms with E-state index in [-0.39, 0.29) is 0 Å². The van der Waals surface area contributed by atoms with Crippen LogP contribution in [0.4, 0.5) is 0 Å². The summed E-state index contributed by atoms with van der Waals surface area (Å²) in [5, 5.41) is 10.6. The fourth-order valence-electron chi connectivity index (χ4n) is 4.80. The van der Waals surface area contributed by atoms with Crippen molar-refractivity contribution in [1.29, 1.82) is 0 Å². The maximum atomic E-state index is 13.0. The summed E-state index contributed by atoms with van der Waals surface area (Å²) in [4.78, 5) is 13.0. The smallest absolute Gasteiger partial charge is 0.255 e. The first-order valence-corrected chi connectivity index (χ1v) is 10.5. The number of hydroxylamine groups is 1. The number of hydrogen-bond acceptors (Lipinski definition) is 2. The van der Waals surface area contributed by atoms with Crippen LogP contribution < -0.4 is 5.48 Å². The normalized spacial score (nSPS) is 13.7. The van der Waals surface area contributed by atoms with Crippen LogP contribution in [0.5, 0.6) is 0 Å². The highest BCUT2D eigenvalue weighted by atomic mass is 16.5. The second kappa shape index (κ2) is 7.89. The number of nitrogens with zero attached hydrogens (tertiary/aromatic N) is 1. The molecule has 4 nitrogen and oxygen atoms in total. The second-order valence-corrected chi connectivity index (χ2v) is 8.01. The van der Waals surface area contributed by atoms with Crippen LogP contribution >= 0.6 is 0 Å². The van der Waals surface area contributed by atoms with Gasteiger partial charge in [-0.25, -0.2) is 5.48 Å². The number of rotatable bonds is 4. The largest absolute Gasteiger partial charge is 0.343 e. The Morgan fingerprint density at radius 2 is 1.81 bits per heavy atom. The Labute approximate surface area is 181 Å². The molecular weight excluding hydrogens is 384 g/mol. The summed E-state index contributed by atoms with van der Waals surface area (Å²) >= 11 is 0. The van der Waals surface area contributed by atoms with Crippen LogP contribution in [0.2, 0.25) is 0 Å². The van der Waals surface area contributed by atoms with Crippen LogP contribution in [0.1, 0.15) is 34.6 Å². The van der Waals surface area contributed by atoms with E-state index >= 15 is 0 Å². The van der Waals surface area contributed by atoms with E-state index in [1.165, 1.54) is 11.1 Å². The molecule has 4 aromatic rings. The van der Waals surface area contributed by atoms with Crippen molar-refractivity contribution in [3.8, 4) is 11.3 Å². The van der Waals surface area contributed by atoms with E-state index < -0.39 is 11.8 Å². The van der Waals surface area contributed by atoms with Crippen molar-refractivity contribution in [2.75, 3.05) is 0 Å². The Bertz CT molecular complexity index is 1300. The van der Waals surface area contributed by atoms with Crippen molar-refractivity contribution in [1.82, 2.24) is 10.0 Å². The van der Waals surface area contributed by atoms with Crippen LogP contribution in [-0.4, -0.2) is 15.7 Å². The number of carbonyl (C=O) groups excluding carboxylic acids is 1. The third-order valence-corrected chi connectivity index (χ3v) is 6.23. The molecule has 0 saturated heterocycles. The molecule has 1 atom stereocenters. The van der Waals surface area contributed by atoms with E-state index in [4.69, 9.17) is 0 Å². The number of carbonyl (C=O) groups is 1. The van der Waals surface area contributed by atoms with Crippen LogP contribution in [0.15, 0.2) is 78.9 Å². The zero-order chi connectivity index (χ0) is 21.4. The summed E-state index contributed by atoms with van der Waals surface area (Å²) in [6, 6.07) is 24.3. The molecule has 4 heteroatoms. The third kappa shape index (κ3) is 3.25. The van der Waals surface area contributed by atoms with Crippen LogP contribution in [0.25, 0.3) is 28.2 Å². The van der Waals surface area contributed by atoms with E-state index in [1.54, 1.807) is 0 Å². The number of aromatic nitrogens is 1. The van der Waals surface area contributed by atoms with Crippen molar-refractivity contribution in [2.45, 2.75) is 18.8 Å². The minimum Gasteiger partial charge on any atom is -0.343 e. The van der Waals surface area contributed by atoms with Gasteiger partial charge in [-0.1, -0.05) is 72.8 Å². The molecular formula is C27H24N2O2. The van der Waals surface area contributed by atoms with Gasteiger partial charge < -0.3 is 4.57 Å². The van der Waals surface area contributed by atoms with Gasteiger partial charge in [0.15, 0.2) is 0 Å². The average molecular weight is 409 g/mol. The summed E-state index contributed by atoms with van der Waals surface area (Å²) in [5.41, 5.74) is 9.35. The zero-order valence-corrected chi connectivity index (χ0v) is 17.4. The summed E-state index contributed by atoms with van der Waals surface area (Å²) in [5.74, 6) is -1.08. The van der Waals surface area contributed by atoms with Gasteiger partial charge in [0, 0.05) is 23.5 Å². The minimum absolute atomic E-state index is 0.440. The van der Waals surface area contributed by atoms with Crippen molar-refractivity contribution in [3.05, 3.63) is 101 Å². The van der Waals surface area contributed by atoms with Gasteiger partial charge in [0.1, 0.15) is 0 Å². The predicted octanol–water partition coefficient (Wildman–Crippen LogP) is 5.44. The maximum Gasteiger partial charge on any atom is 0.255 e. The number of aryl methyl sites for hydroxylation is 2. The van der Waals surface area contributed by atoms with E-state index in [2.05, 4.69) is 47.1 Å². The molecule has 0 saturated carbocycles. The number of nitrogens with one attached hydrogen (secondary N) is 1. The van der Waals surface area contributed by atoms with Gasteiger partial charge in [0.2, 0.25) is 0 Å². The van der Waals surface area contributed by atoms with Gasteiger partial charge >= 0.3 is 0 Å². The van der Waals surface area contributed by atoms with Gasteiger partial charge in [-0.3, -0.25) is 10.0 Å². The molecule has 1 unspecified atom stereocenters. The molecule has 0 aliphatic heterocycles. The van der Waals surface area contributed by atoms with Crippen molar-refractivity contribution >= 4 is 22.9 Å². The van der Waals surface area contributed by atoms with Crippen molar-refractivity contribution in [3.63, 3.8) is 0 Å². The number of allylic oxidation sites excluding steroid dienone is 1. The monoisotopic (exact) mass is 408 g/mol. The van der Waals surface area contributed by atoms with Gasteiger partial charge in [0.05, 0.1) is 11.6 Å². The molecule has 3 aromatic carbocycles. The lowest BCUT2D eigenvalue weighted by molar-refractivity contribution is -0.129. The van der Waals surface area contributed by atoms with Gasteiger partial charge in [-0.05, 0) is 47.2 Å². The lowest BCUT2D eigenvalue weighted by Gasteiger charge is -2.19. The summed E-state index contributed by atoms with van der Waals surface area (Å²) in [6.07, 6.45) is 6.44. The summed E-state index contributed by atoms with van der Waals surface area (Å²) < 4.78 is 2.16. The molecule has 5 rings (SSSR count). The minimum atomic E-state index is -0.636. The van der Waals surface area contributed by atoms with Crippen LogP contribution in [-0.2, 0) is 18.3 Å². The fraction of sp³-hybridized carbons (Fsp3) is 0.148. The van der Waals surface area contributed by atoms with Gasteiger partial charge in [-0.15, -0.1) is 0 Å². The Morgan fingerprint density at radius 1 is 1.03 bits per heavy atom. The number of fused-ring (bicyclic) bond motifs is 2. The molecule has 0 bridgehead atoms. The molecule has 1 amide bonds. The van der Waals surface area contributed by atoms with E-state index in [0.717, 1.165) is 46.1 Å². The standard InChI is InChI=1S/C27H24N2O2/c1-29-23-14-8-7-13-22(23)25(24(27(30)28-31)19-10-3-2-4-11-19)26(29)21-16-15-18-9-5-6-12-20(18)17-21/h2-5,7-11,13-17,24,31H,6,12H2,1H3,(H,28,30). The maximum absolute atomic E-state index is 13.0. The predicted molar refractivity (Wildman–Crippen MR) is 124 cm³/mol. The van der Waals surface area contributed by atoms with Gasteiger partial charge in [-0.2, -0.15) is 0 Å². The lowest BCUT2D eigenvalue weighted by atomic mass is 9.86. The number of hydrogen-bond donors (Lipinski definition) is 2. The first-order chi connectivity index (χ1) is 15.2. The summed E-state index contributed by atoms with van der Waals surface area (Å²) in [7, 11) is 2.04. The second-order valence-electron chi connectivity index (χ2n) is 8.01. The molecule has 1 heterocycles. The Morgan fingerprint density at radius 3 is 2.61 bits per heavy atom. The molecule has 31 heavy (non-hydrogen) atoms. The van der Waals surface area contributed by atoms with Crippen LogP contribution in [0, 0.1) is 0 Å². The molecule has 154 valence electrons. The number of para-hydroxylation sites is 1. The van der Waals surface area contributed by atoms with Gasteiger partial charge in [0.25, 0.3) is 5.91 Å². The Balaban J connectivity index is 1.82. The first-order valence-electron chi connectivity index (χ1n) is 10.5. The molecule has 2 N–H and O–H groups in total. The number of amides is 1. The molecule has 0 fully saturated rings. The Kier molecular flexibility index (Phi) is 4.92. The van der Waals surface area contributed by atoms with Crippen molar-refractivity contribution < 1.29 is 10.0 Å².